The van der Waals surface area contributed by atoms with E-state index in [0.29, 0.717) is 5.75 Å². The maximum absolute atomic E-state index is 12.6. The molecular weight excluding hydrogens is 220 g/mol. The highest BCUT2D eigenvalue weighted by Crippen LogP contribution is 2.30. The summed E-state index contributed by atoms with van der Waals surface area (Å²) in [5.74, 6) is 1.28. The molecule has 0 aromatic heterocycles. The van der Waals surface area contributed by atoms with E-state index in [0.717, 1.165) is 29.3 Å². The number of para-hydroxylation sites is 1. The van der Waals surface area contributed by atoms with Crippen LogP contribution in [-0.2, 0) is 9.73 Å². The molecule has 1 aromatic rings. The van der Waals surface area contributed by atoms with Gasteiger partial charge in [-0.1, -0.05) is 26.0 Å². The number of nitrogens with zero attached hydrogens (tertiary/aromatic N) is 2. The van der Waals surface area contributed by atoms with Crippen molar-refractivity contribution in [1.29, 1.82) is 0 Å². The maximum atomic E-state index is 12.6. The second-order valence-corrected chi connectivity index (χ2v) is 6.25. The van der Waals surface area contributed by atoms with Crippen molar-refractivity contribution in [1.82, 2.24) is 0 Å². The van der Waals surface area contributed by atoms with Gasteiger partial charge in [0.2, 0.25) is 0 Å². The minimum Gasteiger partial charge on any atom is -0.244 e. The van der Waals surface area contributed by atoms with E-state index in [1.807, 2.05) is 31.2 Å². The molecular formula is C12H16N2OS. The van der Waals surface area contributed by atoms with E-state index >= 15 is 0 Å². The van der Waals surface area contributed by atoms with Gasteiger partial charge in [0.25, 0.3) is 0 Å². The van der Waals surface area contributed by atoms with Crippen LogP contribution in [-0.4, -0.2) is 15.8 Å². The fourth-order valence-electron chi connectivity index (χ4n) is 1.74. The molecule has 0 saturated heterocycles. The second kappa shape index (κ2) is 4.37. The molecule has 16 heavy (non-hydrogen) atoms. The molecule has 1 atom stereocenters. The van der Waals surface area contributed by atoms with Gasteiger partial charge in [0.1, 0.15) is 5.84 Å². The predicted molar refractivity (Wildman–Crippen MR) is 67.8 cm³/mol. The topological polar surface area (TPSA) is 41.8 Å². The largest absolute Gasteiger partial charge is 0.244 e. The molecule has 86 valence electrons. The van der Waals surface area contributed by atoms with Crippen LogP contribution in [0.25, 0.3) is 0 Å². The summed E-state index contributed by atoms with van der Waals surface area (Å²) < 4.78 is 17.0. The van der Waals surface area contributed by atoms with Crippen LogP contribution < -0.4 is 0 Å². The van der Waals surface area contributed by atoms with Gasteiger partial charge in [-0.15, -0.1) is 0 Å². The zero-order valence-corrected chi connectivity index (χ0v) is 10.5. The molecule has 0 radical (unpaired) electrons. The normalized spacial score (nSPS) is 23.2. The maximum Gasteiger partial charge on any atom is 0.139 e. The molecule has 1 aliphatic rings. The molecule has 0 spiro atoms. The summed E-state index contributed by atoms with van der Waals surface area (Å²) in [5, 5.41) is 0. The molecule has 0 N–H and O–H groups in total. The number of hydrogen-bond acceptors (Lipinski definition) is 3. The first-order chi connectivity index (χ1) is 7.69. The van der Waals surface area contributed by atoms with E-state index in [-0.39, 0.29) is 0 Å². The summed E-state index contributed by atoms with van der Waals surface area (Å²) in [6, 6.07) is 7.60. The molecule has 2 rings (SSSR count). The zero-order chi connectivity index (χ0) is 11.6. The van der Waals surface area contributed by atoms with Crippen molar-refractivity contribution in [3.8, 4) is 0 Å². The standard InChI is InChI=1S/C12H16N2OS/c1-3-7-12-13-10-8-5-6-9-11(10)16(15,4-2)14-12/h5-6,8-9H,3-4,7H2,1-2H3. The quantitative estimate of drug-likeness (QED) is 0.793. The Morgan fingerprint density at radius 3 is 2.69 bits per heavy atom. The number of rotatable bonds is 3. The Labute approximate surface area is 96.8 Å². The van der Waals surface area contributed by atoms with Gasteiger partial charge in [0, 0.05) is 12.2 Å². The van der Waals surface area contributed by atoms with Gasteiger partial charge < -0.3 is 0 Å². The van der Waals surface area contributed by atoms with Crippen LogP contribution in [0, 0.1) is 0 Å². The summed E-state index contributed by atoms with van der Waals surface area (Å²) in [6.07, 6.45) is 1.77. The third-order valence-electron chi connectivity index (χ3n) is 2.58. The first kappa shape index (κ1) is 11.3. The fourth-order valence-corrected chi connectivity index (χ4v) is 3.49. The van der Waals surface area contributed by atoms with Crippen LogP contribution in [0.1, 0.15) is 26.7 Å². The van der Waals surface area contributed by atoms with Gasteiger partial charge in [-0.3, -0.25) is 0 Å². The molecule has 0 bridgehead atoms. The molecule has 3 nitrogen and oxygen atoms in total. The lowest BCUT2D eigenvalue weighted by Gasteiger charge is -2.16. The smallest absolute Gasteiger partial charge is 0.139 e. The van der Waals surface area contributed by atoms with Crippen LogP contribution >= 0.6 is 0 Å². The summed E-state index contributed by atoms with van der Waals surface area (Å²) in [7, 11) is -2.26. The number of amidine groups is 1. The number of fused-ring (bicyclic) bond motifs is 1. The van der Waals surface area contributed by atoms with Crippen molar-refractivity contribution in [2.45, 2.75) is 31.6 Å². The molecule has 1 unspecified atom stereocenters. The monoisotopic (exact) mass is 236 g/mol. The van der Waals surface area contributed by atoms with Gasteiger partial charge in [0.05, 0.1) is 20.3 Å². The van der Waals surface area contributed by atoms with Crippen LogP contribution in [0.2, 0.25) is 0 Å². The fraction of sp³-hybridized carbons (Fsp3) is 0.417. The summed E-state index contributed by atoms with van der Waals surface area (Å²) in [5.41, 5.74) is 0.827. The molecule has 1 aromatic carbocycles. The number of hydrogen-bond donors (Lipinski definition) is 0. The zero-order valence-electron chi connectivity index (χ0n) is 9.64. The van der Waals surface area contributed by atoms with Gasteiger partial charge in [-0.05, 0) is 18.6 Å². The Hall–Kier alpha value is -1.16. The molecule has 1 heterocycles. The first-order valence-electron chi connectivity index (χ1n) is 5.61. The lowest BCUT2D eigenvalue weighted by Crippen LogP contribution is -2.11. The average Bonchev–Trinajstić information content (AvgIpc) is 2.30. The summed E-state index contributed by atoms with van der Waals surface area (Å²) >= 11 is 0. The van der Waals surface area contributed by atoms with Crippen molar-refractivity contribution in [3.63, 3.8) is 0 Å². The van der Waals surface area contributed by atoms with Crippen LogP contribution in [0.5, 0.6) is 0 Å². The van der Waals surface area contributed by atoms with Crippen molar-refractivity contribution in [2.24, 2.45) is 9.36 Å². The van der Waals surface area contributed by atoms with Crippen LogP contribution in [0.15, 0.2) is 38.5 Å². The lowest BCUT2D eigenvalue weighted by atomic mass is 10.3. The Bertz CT molecular complexity index is 540. The average molecular weight is 236 g/mol. The van der Waals surface area contributed by atoms with Gasteiger partial charge >= 0.3 is 0 Å². The number of benzene rings is 1. The Balaban J connectivity index is 2.62. The Kier molecular flexibility index (Phi) is 3.10. The highest BCUT2D eigenvalue weighted by atomic mass is 32.2. The van der Waals surface area contributed by atoms with Gasteiger partial charge in [0.15, 0.2) is 0 Å². The minimum atomic E-state index is -2.26. The highest BCUT2D eigenvalue weighted by molar-refractivity contribution is 7.94. The predicted octanol–water partition coefficient (Wildman–Crippen LogP) is 3.38. The van der Waals surface area contributed by atoms with Crippen molar-refractivity contribution < 1.29 is 4.21 Å². The van der Waals surface area contributed by atoms with E-state index in [2.05, 4.69) is 16.3 Å². The molecule has 0 fully saturated rings. The van der Waals surface area contributed by atoms with E-state index in [1.54, 1.807) is 0 Å². The molecule has 0 saturated carbocycles. The van der Waals surface area contributed by atoms with Crippen LogP contribution in [0.3, 0.4) is 0 Å². The van der Waals surface area contributed by atoms with E-state index < -0.39 is 9.73 Å². The molecule has 0 aliphatic carbocycles. The summed E-state index contributed by atoms with van der Waals surface area (Å²) in [4.78, 5) is 5.24. The van der Waals surface area contributed by atoms with E-state index in [9.17, 15) is 4.21 Å². The third kappa shape index (κ3) is 1.89. The Morgan fingerprint density at radius 1 is 1.25 bits per heavy atom. The summed E-state index contributed by atoms with van der Waals surface area (Å²) in [6.45, 7) is 3.99. The highest BCUT2D eigenvalue weighted by Gasteiger charge is 2.19. The molecule has 0 amide bonds. The Morgan fingerprint density at radius 2 is 2.00 bits per heavy atom. The van der Waals surface area contributed by atoms with Crippen molar-refractivity contribution in [3.05, 3.63) is 24.3 Å². The van der Waals surface area contributed by atoms with Gasteiger partial charge in [-0.2, -0.15) is 4.36 Å². The lowest BCUT2D eigenvalue weighted by molar-refractivity contribution is 0.677. The van der Waals surface area contributed by atoms with Crippen molar-refractivity contribution >= 4 is 21.3 Å². The minimum absolute atomic E-state index is 0.548. The molecule has 1 aliphatic heterocycles. The molecule has 4 heteroatoms. The van der Waals surface area contributed by atoms with Gasteiger partial charge in [-0.25, -0.2) is 9.20 Å². The van der Waals surface area contributed by atoms with Crippen LogP contribution in [0.4, 0.5) is 5.69 Å². The van der Waals surface area contributed by atoms with E-state index in [1.165, 1.54) is 0 Å². The first-order valence-corrected chi connectivity index (χ1v) is 7.29. The van der Waals surface area contributed by atoms with Crippen molar-refractivity contribution in [2.75, 3.05) is 5.75 Å². The van der Waals surface area contributed by atoms with E-state index in [4.69, 9.17) is 0 Å². The SMILES string of the molecule is CCCC1=Nc2ccccc2S(=O)(CC)=N1. The number of aliphatic imine (C=N–C) groups is 1. The second-order valence-electron chi connectivity index (χ2n) is 3.77. The third-order valence-corrected chi connectivity index (χ3v) is 4.90.